The Hall–Kier alpha value is -2.51. The van der Waals surface area contributed by atoms with E-state index in [9.17, 15) is 9.18 Å². The summed E-state index contributed by atoms with van der Waals surface area (Å²) >= 11 is 4.62. The van der Waals surface area contributed by atoms with Crippen LogP contribution in [-0.2, 0) is 6.61 Å². The van der Waals surface area contributed by atoms with E-state index in [4.69, 9.17) is 9.15 Å². The molecule has 0 fully saturated rings. The van der Waals surface area contributed by atoms with Crippen molar-refractivity contribution < 1.29 is 18.3 Å². The quantitative estimate of drug-likeness (QED) is 0.275. The van der Waals surface area contributed by atoms with Crippen LogP contribution in [0, 0.1) is 5.82 Å². The molecule has 4 nitrogen and oxygen atoms in total. The fraction of sp³-hybridized carbons (Fsp3) is 0.100. The molecule has 0 saturated heterocycles. The molecule has 27 heavy (non-hydrogen) atoms. The molecule has 0 aliphatic heterocycles. The molecule has 0 saturated carbocycles. The zero-order valence-corrected chi connectivity index (χ0v) is 16.3. The van der Waals surface area contributed by atoms with Crippen LogP contribution in [0.5, 0.6) is 5.75 Å². The number of benzene rings is 2. The Balaban J connectivity index is 1.58. The lowest BCUT2D eigenvalue weighted by Gasteiger charge is -2.05. The lowest BCUT2D eigenvalue weighted by molar-refractivity contribution is 0.0995. The van der Waals surface area contributed by atoms with E-state index in [1.807, 2.05) is 35.7 Å². The van der Waals surface area contributed by atoms with Gasteiger partial charge in [0, 0.05) is 23.1 Å². The van der Waals surface area contributed by atoms with Crippen molar-refractivity contribution in [3.63, 3.8) is 0 Å². The number of rotatable bonds is 6. The Morgan fingerprint density at radius 2 is 2.04 bits per heavy atom. The Bertz CT molecular complexity index is 1110. The third kappa shape index (κ3) is 3.79. The largest absolute Gasteiger partial charge is 0.486 e. The SMILES string of the molecule is O=C(CBr)c1cc2c(OCc3csc(-c4ccccc4)n3)cc(F)cc2o1. The molecule has 0 atom stereocenters. The van der Waals surface area contributed by atoms with Gasteiger partial charge in [-0.15, -0.1) is 11.3 Å². The fourth-order valence-electron chi connectivity index (χ4n) is 2.64. The number of nitrogens with zero attached hydrogens (tertiary/aromatic N) is 1. The van der Waals surface area contributed by atoms with Crippen LogP contribution in [-0.4, -0.2) is 16.1 Å². The number of aromatic nitrogens is 1. The van der Waals surface area contributed by atoms with E-state index in [2.05, 4.69) is 20.9 Å². The standard InChI is InChI=1S/C20H13BrFNO3S/c21-9-16(24)19-8-15-17(6-13(22)7-18(15)26-19)25-10-14-11-27-20(23-14)12-4-2-1-3-5-12/h1-8,11H,9-10H2. The predicted octanol–water partition coefficient (Wildman–Crippen LogP) is 5.85. The molecule has 0 amide bonds. The number of thiazole rings is 1. The molecule has 0 N–H and O–H groups in total. The summed E-state index contributed by atoms with van der Waals surface area (Å²) in [6, 6.07) is 14.0. The predicted molar refractivity (Wildman–Crippen MR) is 106 cm³/mol. The van der Waals surface area contributed by atoms with Gasteiger partial charge in [-0.1, -0.05) is 46.3 Å². The highest BCUT2D eigenvalue weighted by Gasteiger charge is 2.16. The molecule has 4 aromatic rings. The molecule has 0 spiro atoms. The minimum Gasteiger partial charge on any atom is -0.486 e. The summed E-state index contributed by atoms with van der Waals surface area (Å²) < 4.78 is 25.1. The van der Waals surface area contributed by atoms with E-state index in [1.165, 1.54) is 23.5 Å². The van der Waals surface area contributed by atoms with Crippen LogP contribution in [0.3, 0.4) is 0 Å². The van der Waals surface area contributed by atoms with Crippen LogP contribution in [0.4, 0.5) is 4.39 Å². The van der Waals surface area contributed by atoms with E-state index in [1.54, 1.807) is 6.07 Å². The normalized spacial score (nSPS) is 11.0. The van der Waals surface area contributed by atoms with Crippen LogP contribution in [0.1, 0.15) is 16.2 Å². The van der Waals surface area contributed by atoms with Crippen molar-refractivity contribution in [2.75, 3.05) is 5.33 Å². The number of hydrogen-bond acceptors (Lipinski definition) is 5. The summed E-state index contributed by atoms with van der Waals surface area (Å²) in [5.74, 6) is -0.230. The molecule has 136 valence electrons. The van der Waals surface area contributed by atoms with Crippen molar-refractivity contribution in [2.45, 2.75) is 6.61 Å². The second-order valence-corrected chi connectivity index (χ2v) is 7.20. The number of Topliss-reactive ketones (excluding diaryl/α,β-unsaturated/α-hetero) is 1. The van der Waals surface area contributed by atoms with Crippen molar-refractivity contribution in [1.29, 1.82) is 0 Å². The van der Waals surface area contributed by atoms with Gasteiger partial charge in [-0.3, -0.25) is 4.79 Å². The maximum absolute atomic E-state index is 13.9. The molecule has 2 aromatic carbocycles. The van der Waals surface area contributed by atoms with Gasteiger partial charge in [-0.2, -0.15) is 0 Å². The van der Waals surface area contributed by atoms with E-state index in [0.717, 1.165) is 16.3 Å². The third-order valence-electron chi connectivity index (χ3n) is 3.91. The van der Waals surface area contributed by atoms with Crippen molar-refractivity contribution in [3.05, 3.63) is 71.2 Å². The van der Waals surface area contributed by atoms with Gasteiger partial charge >= 0.3 is 0 Å². The number of carbonyl (C=O) groups is 1. The number of ketones is 1. The first-order valence-electron chi connectivity index (χ1n) is 8.09. The number of ether oxygens (including phenoxy) is 1. The summed E-state index contributed by atoms with van der Waals surface area (Å²) in [6.07, 6.45) is 0. The first kappa shape index (κ1) is 17.9. The topological polar surface area (TPSA) is 52.3 Å². The highest BCUT2D eigenvalue weighted by Crippen LogP contribution is 2.31. The highest BCUT2D eigenvalue weighted by atomic mass is 79.9. The Morgan fingerprint density at radius 3 is 2.81 bits per heavy atom. The van der Waals surface area contributed by atoms with Crippen molar-refractivity contribution in [3.8, 4) is 16.3 Å². The second kappa shape index (κ2) is 7.62. The minimum absolute atomic E-state index is 0.132. The molecule has 0 bridgehead atoms. The number of fused-ring (bicyclic) bond motifs is 1. The van der Waals surface area contributed by atoms with Crippen molar-refractivity contribution >= 4 is 44.0 Å². The number of hydrogen-bond donors (Lipinski definition) is 0. The first-order chi connectivity index (χ1) is 13.1. The van der Waals surface area contributed by atoms with Crippen LogP contribution >= 0.6 is 27.3 Å². The van der Waals surface area contributed by atoms with E-state index in [-0.39, 0.29) is 29.1 Å². The second-order valence-electron chi connectivity index (χ2n) is 5.78. The molecule has 2 aromatic heterocycles. The van der Waals surface area contributed by atoms with Gasteiger partial charge in [-0.25, -0.2) is 9.37 Å². The Labute approximate surface area is 166 Å². The maximum Gasteiger partial charge on any atom is 0.208 e. The van der Waals surface area contributed by atoms with Crippen LogP contribution in [0.2, 0.25) is 0 Å². The van der Waals surface area contributed by atoms with Gasteiger partial charge in [0.15, 0.2) is 5.76 Å². The molecule has 0 aliphatic rings. The summed E-state index contributed by atoms with van der Waals surface area (Å²) in [5, 5.41) is 3.49. The smallest absolute Gasteiger partial charge is 0.208 e. The molecule has 7 heteroatoms. The molecule has 0 radical (unpaired) electrons. The number of carbonyl (C=O) groups excluding carboxylic acids is 1. The van der Waals surface area contributed by atoms with Gasteiger partial charge in [0.25, 0.3) is 0 Å². The lowest BCUT2D eigenvalue weighted by Crippen LogP contribution is -1.97. The maximum atomic E-state index is 13.9. The number of halogens is 2. The van der Waals surface area contributed by atoms with Crippen LogP contribution in [0.25, 0.3) is 21.5 Å². The monoisotopic (exact) mass is 445 g/mol. The molecule has 0 unspecified atom stereocenters. The van der Waals surface area contributed by atoms with E-state index >= 15 is 0 Å². The summed E-state index contributed by atoms with van der Waals surface area (Å²) in [5.41, 5.74) is 2.06. The number of furan rings is 1. The average Bonchev–Trinajstić information content (AvgIpc) is 3.33. The summed E-state index contributed by atoms with van der Waals surface area (Å²) in [4.78, 5) is 16.4. The molecule has 2 heterocycles. The average molecular weight is 446 g/mol. The Morgan fingerprint density at radius 1 is 1.22 bits per heavy atom. The highest BCUT2D eigenvalue weighted by molar-refractivity contribution is 9.09. The van der Waals surface area contributed by atoms with Gasteiger partial charge in [-0.05, 0) is 6.07 Å². The summed E-state index contributed by atoms with van der Waals surface area (Å²) in [7, 11) is 0. The fourth-order valence-corrected chi connectivity index (χ4v) is 3.72. The van der Waals surface area contributed by atoms with Crippen LogP contribution < -0.4 is 4.74 Å². The minimum atomic E-state index is -0.493. The van der Waals surface area contributed by atoms with Crippen molar-refractivity contribution in [1.82, 2.24) is 4.98 Å². The van der Waals surface area contributed by atoms with Crippen LogP contribution in [0.15, 0.2) is 58.3 Å². The van der Waals surface area contributed by atoms with E-state index < -0.39 is 5.82 Å². The van der Waals surface area contributed by atoms with Gasteiger partial charge in [0.2, 0.25) is 5.78 Å². The Kier molecular flexibility index (Phi) is 5.05. The van der Waals surface area contributed by atoms with E-state index in [0.29, 0.717) is 11.1 Å². The summed E-state index contributed by atoms with van der Waals surface area (Å²) in [6.45, 7) is 0.189. The number of alkyl halides is 1. The molecular formula is C20H13BrFNO3S. The molecular weight excluding hydrogens is 433 g/mol. The molecule has 0 aliphatic carbocycles. The van der Waals surface area contributed by atoms with Gasteiger partial charge in [0.05, 0.1) is 16.4 Å². The first-order valence-corrected chi connectivity index (χ1v) is 10.1. The zero-order chi connectivity index (χ0) is 18.8. The van der Waals surface area contributed by atoms with Gasteiger partial charge in [0.1, 0.15) is 28.8 Å². The van der Waals surface area contributed by atoms with Gasteiger partial charge < -0.3 is 9.15 Å². The van der Waals surface area contributed by atoms with Crippen molar-refractivity contribution in [2.24, 2.45) is 0 Å². The zero-order valence-electron chi connectivity index (χ0n) is 13.9. The third-order valence-corrected chi connectivity index (χ3v) is 5.36. The lowest BCUT2D eigenvalue weighted by atomic mass is 10.2. The molecule has 4 rings (SSSR count).